The first kappa shape index (κ1) is 20.6. The van der Waals surface area contributed by atoms with Crippen LogP contribution in [0, 0.1) is 0 Å². The summed E-state index contributed by atoms with van der Waals surface area (Å²) in [6.45, 7) is 3.91. The van der Waals surface area contributed by atoms with Gasteiger partial charge in [-0.2, -0.15) is 5.10 Å². The highest BCUT2D eigenvalue weighted by molar-refractivity contribution is 6.01. The van der Waals surface area contributed by atoms with E-state index in [9.17, 15) is 4.79 Å². The number of amides is 1. The van der Waals surface area contributed by atoms with Gasteiger partial charge in [-0.05, 0) is 48.2 Å². The lowest BCUT2D eigenvalue weighted by molar-refractivity contribution is -0.127. The van der Waals surface area contributed by atoms with Crippen molar-refractivity contribution in [3.05, 3.63) is 78.4 Å². The Morgan fingerprint density at radius 1 is 0.966 bits per heavy atom. The highest BCUT2D eigenvalue weighted by Crippen LogP contribution is 2.21. The van der Waals surface area contributed by atoms with Crippen LogP contribution in [-0.4, -0.2) is 17.7 Å². The zero-order valence-electron chi connectivity index (χ0n) is 17.1. The quantitative estimate of drug-likeness (QED) is 0.290. The molecular formula is C25H28N2O2. The smallest absolute Gasteiger partial charge is 0.280 e. The lowest BCUT2D eigenvalue weighted by atomic mass is 10.0. The van der Waals surface area contributed by atoms with Gasteiger partial charge in [-0.15, -0.1) is 0 Å². The van der Waals surface area contributed by atoms with Crippen molar-refractivity contribution in [2.45, 2.75) is 45.6 Å². The molecule has 3 aromatic carbocycles. The second-order valence-electron chi connectivity index (χ2n) is 7.13. The van der Waals surface area contributed by atoms with Gasteiger partial charge in [0.1, 0.15) is 5.75 Å². The Bertz CT molecular complexity index is 967. The van der Waals surface area contributed by atoms with Crippen LogP contribution in [-0.2, 0) is 4.79 Å². The molecule has 1 atom stereocenters. The number of carbonyl (C=O) groups excluding carboxylic acids is 1. The number of hydrogen-bond acceptors (Lipinski definition) is 3. The third-order valence-corrected chi connectivity index (χ3v) is 4.83. The van der Waals surface area contributed by atoms with Gasteiger partial charge in [0.2, 0.25) is 0 Å². The number of hydrogen-bond donors (Lipinski definition) is 1. The first-order valence-electron chi connectivity index (χ1n) is 10.2. The van der Waals surface area contributed by atoms with E-state index in [-0.39, 0.29) is 5.91 Å². The summed E-state index contributed by atoms with van der Waals surface area (Å²) in [5, 5.41) is 6.64. The van der Waals surface area contributed by atoms with Gasteiger partial charge in [-0.3, -0.25) is 4.79 Å². The number of ether oxygens (including phenoxy) is 1. The average Bonchev–Trinajstić information content (AvgIpc) is 2.76. The van der Waals surface area contributed by atoms with E-state index in [2.05, 4.69) is 17.5 Å². The van der Waals surface area contributed by atoms with E-state index in [1.54, 1.807) is 6.92 Å². The van der Waals surface area contributed by atoms with Crippen LogP contribution in [0.25, 0.3) is 10.8 Å². The van der Waals surface area contributed by atoms with Gasteiger partial charge < -0.3 is 4.74 Å². The molecule has 0 aliphatic rings. The first-order valence-corrected chi connectivity index (χ1v) is 10.2. The zero-order valence-corrected chi connectivity index (χ0v) is 17.1. The van der Waals surface area contributed by atoms with Gasteiger partial charge in [-0.1, -0.05) is 80.4 Å². The summed E-state index contributed by atoms with van der Waals surface area (Å²) in [6.07, 6.45) is 3.51. The maximum atomic E-state index is 12.5. The number of nitrogens with zero attached hydrogens (tertiary/aromatic N) is 1. The van der Waals surface area contributed by atoms with Crippen LogP contribution in [0.15, 0.2) is 77.9 Å². The molecule has 0 bridgehead atoms. The van der Waals surface area contributed by atoms with Crippen LogP contribution >= 0.6 is 0 Å². The molecule has 1 unspecified atom stereocenters. The molecule has 3 rings (SSSR count). The van der Waals surface area contributed by atoms with Crippen molar-refractivity contribution in [2.24, 2.45) is 5.10 Å². The van der Waals surface area contributed by atoms with E-state index in [1.165, 1.54) is 0 Å². The number of hydrazone groups is 1. The minimum Gasteiger partial charge on any atom is -0.481 e. The number of carbonyl (C=O) groups is 1. The summed E-state index contributed by atoms with van der Waals surface area (Å²) in [7, 11) is 0. The molecule has 4 heteroatoms. The molecule has 0 aliphatic carbocycles. The van der Waals surface area contributed by atoms with Crippen LogP contribution in [0.5, 0.6) is 5.75 Å². The van der Waals surface area contributed by atoms with E-state index < -0.39 is 6.10 Å². The van der Waals surface area contributed by atoms with Gasteiger partial charge in [0.05, 0.1) is 5.71 Å². The Morgan fingerprint density at radius 2 is 1.69 bits per heavy atom. The molecule has 0 aromatic heterocycles. The average molecular weight is 389 g/mol. The lowest BCUT2D eigenvalue weighted by Gasteiger charge is -2.14. The SMILES string of the molecule is CCCCC/C(=N\NC(=O)C(C)Oc1ccc2ccccc2c1)c1ccccc1. The minimum absolute atomic E-state index is 0.262. The molecule has 0 saturated heterocycles. The van der Waals surface area contributed by atoms with E-state index in [0.29, 0.717) is 5.75 Å². The molecule has 4 nitrogen and oxygen atoms in total. The van der Waals surface area contributed by atoms with Crippen LogP contribution in [0.2, 0.25) is 0 Å². The van der Waals surface area contributed by atoms with Crippen molar-refractivity contribution in [3.63, 3.8) is 0 Å². The number of rotatable bonds is 9. The van der Waals surface area contributed by atoms with Crippen molar-refractivity contribution in [1.82, 2.24) is 5.43 Å². The summed E-state index contributed by atoms with van der Waals surface area (Å²) >= 11 is 0. The largest absolute Gasteiger partial charge is 0.481 e. The minimum atomic E-state index is -0.646. The van der Waals surface area contributed by atoms with Gasteiger partial charge in [0, 0.05) is 0 Å². The molecule has 0 radical (unpaired) electrons. The maximum Gasteiger partial charge on any atom is 0.280 e. The van der Waals surface area contributed by atoms with E-state index >= 15 is 0 Å². The van der Waals surface area contributed by atoms with E-state index in [1.807, 2.05) is 72.8 Å². The lowest BCUT2D eigenvalue weighted by Crippen LogP contribution is -2.34. The summed E-state index contributed by atoms with van der Waals surface area (Å²) < 4.78 is 5.84. The van der Waals surface area contributed by atoms with Crippen LogP contribution in [0.3, 0.4) is 0 Å². The van der Waals surface area contributed by atoms with E-state index in [4.69, 9.17) is 4.74 Å². The predicted octanol–water partition coefficient (Wildman–Crippen LogP) is 5.71. The highest BCUT2D eigenvalue weighted by atomic mass is 16.5. The molecule has 0 saturated carbocycles. The van der Waals surface area contributed by atoms with Crippen molar-refractivity contribution in [3.8, 4) is 5.75 Å². The Hall–Kier alpha value is -3.14. The van der Waals surface area contributed by atoms with Crippen molar-refractivity contribution in [1.29, 1.82) is 0 Å². The van der Waals surface area contributed by atoms with Gasteiger partial charge in [-0.25, -0.2) is 5.43 Å². The summed E-state index contributed by atoms with van der Waals surface area (Å²) in [4.78, 5) is 12.5. The number of benzene rings is 3. The van der Waals surface area contributed by atoms with Crippen molar-refractivity contribution >= 4 is 22.4 Å². The summed E-state index contributed by atoms with van der Waals surface area (Å²) in [5.74, 6) is 0.406. The highest BCUT2D eigenvalue weighted by Gasteiger charge is 2.15. The fraction of sp³-hybridized carbons (Fsp3) is 0.280. The number of fused-ring (bicyclic) bond motifs is 1. The monoisotopic (exact) mass is 388 g/mol. The maximum absolute atomic E-state index is 12.5. The molecular weight excluding hydrogens is 360 g/mol. The Balaban J connectivity index is 1.65. The second kappa shape index (κ2) is 10.4. The molecule has 0 spiro atoms. The fourth-order valence-electron chi connectivity index (χ4n) is 3.15. The van der Waals surface area contributed by atoms with Gasteiger partial charge in [0.15, 0.2) is 6.10 Å². The molecule has 3 aromatic rings. The van der Waals surface area contributed by atoms with Crippen molar-refractivity contribution < 1.29 is 9.53 Å². The molecule has 1 amide bonds. The summed E-state index contributed by atoms with van der Waals surface area (Å²) in [6, 6.07) is 23.9. The van der Waals surface area contributed by atoms with Crippen LogP contribution < -0.4 is 10.2 Å². The van der Waals surface area contributed by atoms with Crippen LogP contribution in [0.1, 0.15) is 45.1 Å². The van der Waals surface area contributed by atoms with Gasteiger partial charge in [0.25, 0.3) is 5.91 Å². The predicted molar refractivity (Wildman–Crippen MR) is 119 cm³/mol. The zero-order chi connectivity index (χ0) is 20.5. The number of unbranched alkanes of at least 4 members (excludes halogenated alkanes) is 2. The molecule has 0 aliphatic heterocycles. The Labute approximate surface area is 172 Å². The third kappa shape index (κ3) is 5.92. The molecule has 0 heterocycles. The first-order chi connectivity index (χ1) is 14.2. The Morgan fingerprint density at radius 3 is 2.45 bits per heavy atom. The summed E-state index contributed by atoms with van der Waals surface area (Å²) in [5.41, 5.74) is 4.62. The molecule has 150 valence electrons. The molecule has 1 N–H and O–H groups in total. The molecule has 29 heavy (non-hydrogen) atoms. The number of nitrogens with one attached hydrogen (secondary N) is 1. The Kier molecular flexibility index (Phi) is 7.40. The fourth-order valence-corrected chi connectivity index (χ4v) is 3.15. The molecule has 0 fully saturated rings. The van der Waals surface area contributed by atoms with E-state index in [0.717, 1.165) is 47.7 Å². The normalized spacial score (nSPS) is 12.6. The van der Waals surface area contributed by atoms with Gasteiger partial charge >= 0.3 is 0 Å². The standard InChI is InChI=1S/C25H28N2O2/c1-3-4-6-15-24(21-12-7-5-8-13-21)26-27-25(28)19(2)29-23-17-16-20-11-9-10-14-22(20)18-23/h5,7-14,16-19H,3-4,6,15H2,1-2H3,(H,27,28)/b26-24+. The third-order valence-electron chi connectivity index (χ3n) is 4.83. The van der Waals surface area contributed by atoms with Crippen molar-refractivity contribution in [2.75, 3.05) is 0 Å². The second-order valence-corrected chi connectivity index (χ2v) is 7.13. The topological polar surface area (TPSA) is 50.7 Å². The van der Waals surface area contributed by atoms with Crippen LogP contribution in [0.4, 0.5) is 0 Å².